The van der Waals surface area contributed by atoms with E-state index in [1.54, 1.807) is 0 Å². The van der Waals surface area contributed by atoms with Crippen LogP contribution >= 0.6 is 15.9 Å². The van der Waals surface area contributed by atoms with Crippen LogP contribution in [0, 0.1) is 5.82 Å². The number of carbonyl (C=O) groups is 1. The molecular formula is C10H8BrFN4O. The lowest BCUT2D eigenvalue weighted by Gasteiger charge is -2.04. The Hall–Kier alpha value is -1.89. The van der Waals surface area contributed by atoms with E-state index in [9.17, 15) is 9.18 Å². The van der Waals surface area contributed by atoms with Crippen molar-refractivity contribution in [2.24, 2.45) is 5.73 Å². The summed E-state index contributed by atoms with van der Waals surface area (Å²) in [4.78, 5) is 10.9. The number of rotatable bonds is 2. The van der Waals surface area contributed by atoms with Gasteiger partial charge in [0.2, 0.25) is 5.91 Å². The first-order valence-electron chi connectivity index (χ1n) is 4.59. The molecule has 0 fully saturated rings. The number of anilines is 1. The van der Waals surface area contributed by atoms with Crippen molar-refractivity contribution >= 4 is 27.7 Å². The summed E-state index contributed by atoms with van der Waals surface area (Å²) in [5, 5.41) is 3.91. The zero-order valence-corrected chi connectivity index (χ0v) is 10.1. The van der Waals surface area contributed by atoms with Crippen molar-refractivity contribution in [1.29, 1.82) is 0 Å². The SMILES string of the molecule is NC(=O)c1ccc(-n2cc(Br)c(N)n2)c(F)c1. The van der Waals surface area contributed by atoms with Crippen LogP contribution in [0.4, 0.5) is 10.2 Å². The molecule has 1 amide bonds. The van der Waals surface area contributed by atoms with Crippen LogP contribution in [0.5, 0.6) is 0 Å². The highest BCUT2D eigenvalue weighted by molar-refractivity contribution is 9.10. The Morgan fingerprint density at radius 3 is 2.65 bits per heavy atom. The molecule has 0 saturated carbocycles. The summed E-state index contributed by atoms with van der Waals surface area (Å²) in [6.07, 6.45) is 1.53. The summed E-state index contributed by atoms with van der Waals surface area (Å²) < 4.78 is 15.6. The molecule has 17 heavy (non-hydrogen) atoms. The predicted molar refractivity (Wildman–Crippen MR) is 64.2 cm³/mol. The lowest BCUT2D eigenvalue weighted by molar-refractivity contribution is 0.1000. The van der Waals surface area contributed by atoms with Crippen molar-refractivity contribution in [3.63, 3.8) is 0 Å². The van der Waals surface area contributed by atoms with Gasteiger partial charge in [0.05, 0.1) is 4.47 Å². The van der Waals surface area contributed by atoms with Crippen molar-refractivity contribution in [3.8, 4) is 5.69 Å². The first kappa shape index (κ1) is 11.6. The van der Waals surface area contributed by atoms with E-state index in [2.05, 4.69) is 21.0 Å². The third-order valence-electron chi connectivity index (χ3n) is 2.17. The van der Waals surface area contributed by atoms with Crippen molar-refractivity contribution < 1.29 is 9.18 Å². The third kappa shape index (κ3) is 2.14. The first-order valence-corrected chi connectivity index (χ1v) is 5.38. The number of hydrogen-bond donors (Lipinski definition) is 2. The fourth-order valence-corrected chi connectivity index (χ4v) is 1.61. The van der Waals surface area contributed by atoms with Gasteiger partial charge in [-0.25, -0.2) is 9.07 Å². The number of halogens is 2. The number of nitrogens with zero attached hydrogens (tertiary/aromatic N) is 2. The molecule has 2 aromatic rings. The second-order valence-electron chi connectivity index (χ2n) is 3.34. The molecule has 2 rings (SSSR count). The maximum absolute atomic E-state index is 13.7. The van der Waals surface area contributed by atoms with Gasteiger partial charge in [-0.3, -0.25) is 4.79 Å². The lowest BCUT2D eigenvalue weighted by Crippen LogP contribution is -2.12. The van der Waals surface area contributed by atoms with Crippen LogP contribution in [0.3, 0.4) is 0 Å². The van der Waals surface area contributed by atoms with Crippen LogP contribution < -0.4 is 11.5 Å². The molecule has 0 saturated heterocycles. The number of amides is 1. The van der Waals surface area contributed by atoms with E-state index in [0.717, 1.165) is 6.07 Å². The molecule has 88 valence electrons. The predicted octanol–water partition coefficient (Wildman–Crippen LogP) is 1.46. The molecule has 1 heterocycles. The molecule has 0 aliphatic heterocycles. The number of primary amides is 1. The van der Waals surface area contributed by atoms with E-state index >= 15 is 0 Å². The van der Waals surface area contributed by atoms with Gasteiger partial charge < -0.3 is 11.5 Å². The molecule has 0 radical (unpaired) electrons. The fraction of sp³-hybridized carbons (Fsp3) is 0. The minimum absolute atomic E-state index is 0.102. The third-order valence-corrected chi connectivity index (χ3v) is 2.79. The smallest absolute Gasteiger partial charge is 0.248 e. The molecule has 0 atom stereocenters. The van der Waals surface area contributed by atoms with Gasteiger partial charge in [0, 0.05) is 11.8 Å². The summed E-state index contributed by atoms with van der Waals surface area (Å²) in [5.41, 5.74) is 10.9. The maximum atomic E-state index is 13.7. The second-order valence-corrected chi connectivity index (χ2v) is 4.19. The van der Waals surface area contributed by atoms with Gasteiger partial charge >= 0.3 is 0 Å². The normalized spacial score (nSPS) is 10.5. The van der Waals surface area contributed by atoms with Gasteiger partial charge in [-0.05, 0) is 34.1 Å². The molecule has 0 aliphatic carbocycles. The highest BCUT2D eigenvalue weighted by Gasteiger charge is 2.11. The number of nitrogen functional groups attached to an aromatic ring is 1. The summed E-state index contributed by atoms with van der Waals surface area (Å²) in [7, 11) is 0. The largest absolute Gasteiger partial charge is 0.381 e. The molecule has 4 N–H and O–H groups in total. The number of nitrogens with two attached hydrogens (primary N) is 2. The minimum Gasteiger partial charge on any atom is -0.381 e. The van der Waals surface area contributed by atoms with Gasteiger partial charge in [0.25, 0.3) is 0 Å². The molecule has 0 bridgehead atoms. The molecule has 7 heteroatoms. The van der Waals surface area contributed by atoms with Gasteiger partial charge in [0.1, 0.15) is 11.5 Å². The van der Waals surface area contributed by atoms with Crippen LogP contribution in [-0.2, 0) is 0 Å². The second kappa shape index (κ2) is 4.17. The minimum atomic E-state index is -0.684. The summed E-state index contributed by atoms with van der Waals surface area (Å²) in [5.74, 6) is -1.03. The number of aromatic nitrogens is 2. The van der Waals surface area contributed by atoms with E-state index in [4.69, 9.17) is 11.5 Å². The monoisotopic (exact) mass is 298 g/mol. The number of benzene rings is 1. The maximum Gasteiger partial charge on any atom is 0.248 e. The summed E-state index contributed by atoms with van der Waals surface area (Å²) >= 11 is 3.17. The van der Waals surface area contributed by atoms with Crippen LogP contribution in [0.15, 0.2) is 28.9 Å². The Bertz CT molecular complexity index is 576. The van der Waals surface area contributed by atoms with E-state index in [1.165, 1.54) is 23.0 Å². The van der Waals surface area contributed by atoms with Gasteiger partial charge in [-0.2, -0.15) is 0 Å². The molecule has 0 unspecified atom stereocenters. The molecule has 1 aromatic carbocycles. The zero-order valence-electron chi connectivity index (χ0n) is 8.52. The lowest BCUT2D eigenvalue weighted by atomic mass is 10.2. The van der Waals surface area contributed by atoms with Gasteiger partial charge in [0.15, 0.2) is 5.82 Å². The Kier molecular flexibility index (Phi) is 2.84. The van der Waals surface area contributed by atoms with Crippen molar-refractivity contribution in [2.75, 3.05) is 5.73 Å². The van der Waals surface area contributed by atoms with Crippen LogP contribution in [0.1, 0.15) is 10.4 Å². The Morgan fingerprint density at radius 2 is 2.18 bits per heavy atom. The van der Waals surface area contributed by atoms with E-state index < -0.39 is 11.7 Å². The highest BCUT2D eigenvalue weighted by Crippen LogP contribution is 2.21. The number of carbonyl (C=O) groups excluding carboxylic acids is 1. The van der Waals surface area contributed by atoms with Crippen LogP contribution in [0.25, 0.3) is 5.69 Å². The zero-order chi connectivity index (χ0) is 12.6. The average molecular weight is 299 g/mol. The van der Waals surface area contributed by atoms with Crippen molar-refractivity contribution in [2.45, 2.75) is 0 Å². The molecule has 0 spiro atoms. The topological polar surface area (TPSA) is 86.9 Å². The van der Waals surface area contributed by atoms with E-state index in [0.29, 0.717) is 4.47 Å². The molecule has 5 nitrogen and oxygen atoms in total. The Morgan fingerprint density at radius 1 is 1.47 bits per heavy atom. The summed E-state index contributed by atoms with van der Waals surface area (Å²) in [6.45, 7) is 0. The Labute approximate surface area is 104 Å². The summed E-state index contributed by atoms with van der Waals surface area (Å²) in [6, 6.07) is 3.89. The number of hydrogen-bond acceptors (Lipinski definition) is 3. The quantitative estimate of drug-likeness (QED) is 0.880. The van der Waals surface area contributed by atoms with Crippen LogP contribution in [-0.4, -0.2) is 15.7 Å². The molecule has 1 aromatic heterocycles. The van der Waals surface area contributed by atoms with Gasteiger partial charge in [-0.1, -0.05) is 0 Å². The highest BCUT2D eigenvalue weighted by atomic mass is 79.9. The van der Waals surface area contributed by atoms with Gasteiger partial charge in [-0.15, -0.1) is 5.10 Å². The van der Waals surface area contributed by atoms with Crippen LogP contribution in [0.2, 0.25) is 0 Å². The van der Waals surface area contributed by atoms with E-state index in [-0.39, 0.29) is 17.1 Å². The van der Waals surface area contributed by atoms with E-state index in [1.807, 2.05) is 0 Å². The molecule has 0 aliphatic rings. The fourth-order valence-electron chi connectivity index (χ4n) is 1.34. The first-order chi connectivity index (χ1) is 7.99. The molecular weight excluding hydrogens is 291 g/mol. The standard InChI is InChI=1S/C10H8BrFN4O/c11-6-4-16(15-9(6)13)8-2-1-5(10(14)17)3-7(8)12/h1-4H,(H2,13,15)(H2,14,17). The Balaban J connectivity index is 2.50. The van der Waals surface area contributed by atoms with Crippen molar-refractivity contribution in [3.05, 3.63) is 40.2 Å². The van der Waals surface area contributed by atoms with Crippen molar-refractivity contribution in [1.82, 2.24) is 9.78 Å². The average Bonchev–Trinajstić information content (AvgIpc) is 2.58.